The van der Waals surface area contributed by atoms with E-state index in [2.05, 4.69) is 22.0 Å². The second kappa shape index (κ2) is 8.19. The second-order valence-electron chi connectivity index (χ2n) is 6.48. The molecule has 0 saturated carbocycles. The van der Waals surface area contributed by atoms with Gasteiger partial charge in [-0.1, -0.05) is 53.7 Å². The summed E-state index contributed by atoms with van der Waals surface area (Å²) in [7, 11) is 0. The van der Waals surface area contributed by atoms with Gasteiger partial charge in [-0.05, 0) is 30.3 Å². The average Bonchev–Trinajstić information content (AvgIpc) is 2.72. The summed E-state index contributed by atoms with van der Waals surface area (Å²) in [6.45, 7) is 3.12. The number of hydrogen-bond acceptors (Lipinski definition) is 4. The zero-order chi connectivity index (χ0) is 18.6. The van der Waals surface area contributed by atoms with E-state index in [0.717, 1.165) is 52.8 Å². The van der Waals surface area contributed by atoms with Crippen molar-refractivity contribution in [3.8, 4) is 0 Å². The molecule has 0 unspecified atom stereocenters. The molecule has 2 heterocycles. The lowest BCUT2D eigenvalue weighted by Crippen LogP contribution is -2.49. The van der Waals surface area contributed by atoms with Crippen molar-refractivity contribution in [3.05, 3.63) is 65.7 Å². The van der Waals surface area contributed by atoms with Gasteiger partial charge in [-0.25, -0.2) is 4.98 Å². The molecule has 2 aromatic carbocycles. The lowest BCUT2D eigenvalue weighted by atomic mass is 10.2. The Morgan fingerprint density at radius 1 is 1.00 bits per heavy atom. The van der Waals surface area contributed by atoms with Crippen LogP contribution in [0, 0.1) is 0 Å². The van der Waals surface area contributed by atoms with Crippen molar-refractivity contribution in [3.63, 3.8) is 0 Å². The molecule has 0 N–H and O–H groups in total. The summed E-state index contributed by atoms with van der Waals surface area (Å²) in [5.74, 6) is 0.586. The summed E-state index contributed by atoms with van der Waals surface area (Å²) in [6, 6.07) is 19.9. The summed E-state index contributed by atoms with van der Waals surface area (Å²) in [5.41, 5.74) is 2.08. The first kappa shape index (κ1) is 18.1. The molecule has 0 spiro atoms. The maximum absolute atomic E-state index is 12.6. The van der Waals surface area contributed by atoms with Crippen molar-refractivity contribution >= 4 is 45.9 Å². The van der Waals surface area contributed by atoms with Crippen LogP contribution in [0.5, 0.6) is 0 Å². The SMILES string of the molecule is O=C(CSc1ccc2ccccc2n1)N1CCN(c2cccc(Cl)c2)CC1. The van der Waals surface area contributed by atoms with Gasteiger partial charge in [0.05, 0.1) is 16.3 Å². The molecule has 138 valence electrons. The number of carbonyl (C=O) groups is 1. The van der Waals surface area contributed by atoms with Gasteiger partial charge in [-0.3, -0.25) is 4.79 Å². The van der Waals surface area contributed by atoms with Gasteiger partial charge in [-0.2, -0.15) is 0 Å². The average molecular weight is 398 g/mol. The van der Waals surface area contributed by atoms with E-state index in [-0.39, 0.29) is 5.91 Å². The second-order valence-corrected chi connectivity index (χ2v) is 7.91. The van der Waals surface area contributed by atoms with E-state index in [9.17, 15) is 4.79 Å². The van der Waals surface area contributed by atoms with Crippen molar-refractivity contribution in [1.82, 2.24) is 9.88 Å². The molecule has 1 saturated heterocycles. The molecular weight excluding hydrogens is 378 g/mol. The van der Waals surface area contributed by atoms with Gasteiger partial charge < -0.3 is 9.80 Å². The van der Waals surface area contributed by atoms with Gasteiger partial charge in [-0.15, -0.1) is 0 Å². The quantitative estimate of drug-likeness (QED) is 0.614. The Labute approximate surface area is 168 Å². The van der Waals surface area contributed by atoms with Crippen molar-refractivity contribution in [2.75, 3.05) is 36.8 Å². The number of carbonyl (C=O) groups excluding carboxylic acids is 1. The number of pyridine rings is 1. The summed E-state index contributed by atoms with van der Waals surface area (Å²) in [6.07, 6.45) is 0. The van der Waals surface area contributed by atoms with Crippen LogP contribution in [0.1, 0.15) is 0 Å². The molecule has 0 atom stereocenters. The highest BCUT2D eigenvalue weighted by molar-refractivity contribution is 7.99. The van der Waals surface area contributed by atoms with Crippen LogP contribution in [0.4, 0.5) is 5.69 Å². The zero-order valence-corrected chi connectivity index (χ0v) is 16.4. The van der Waals surface area contributed by atoms with Gasteiger partial charge in [0.15, 0.2) is 0 Å². The molecule has 4 rings (SSSR count). The van der Waals surface area contributed by atoms with Crippen LogP contribution in [-0.2, 0) is 4.79 Å². The Bertz CT molecular complexity index is 957. The molecule has 0 aliphatic carbocycles. The van der Waals surface area contributed by atoms with Crippen molar-refractivity contribution in [2.24, 2.45) is 0 Å². The van der Waals surface area contributed by atoms with Crippen LogP contribution >= 0.6 is 23.4 Å². The van der Waals surface area contributed by atoms with Crippen molar-refractivity contribution in [2.45, 2.75) is 5.03 Å². The van der Waals surface area contributed by atoms with Crippen molar-refractivity contribution < 1.29 is 4.79 Å². The van der Waals surface area contributed by atoms with Crippen molar-refractivity contribution in [1.29, 1.82) is 0 Å². The van der Waals surface area contributed by atoms with E-state index in [1.54, 1.807) is 0 Å². The van der Waals surface area contributed by atoms with E-state index in [1.807, 2.05) is 53.4 Å². The number of rotatable bonds is 4. The first-order valence-corrected chi connectivity index (χ1v) is 10.3. The number of hydrogen-bond donors (Lipinski definition) is 0. The van der Waals surface area contributed by atoms with Crippen LogP contribution in [0.2, 0.25) is 5.02 Å². The normalized spacial score (nSPS) is 14.6. The minimum absolute atomic E-state index is 0.167. The monoisotopic (exact) mass is 397 g/mol. The van der Waals surface area contributed by atoms with E-state index in [4.69, 9.17) is 11.6 Å². The number of aromatic nitrogens is 1. The number of para-hydroxylation sites is 1. The van der Waals surface area contributed by atoms with Crippen LogP contribution in [0.25, 0.3) is 10.9 Å². The van der Waals surface area contributed by atoms with E-state index in [0.29, 0.717) is 5.75 Å². The highest BCUT2D eigenvalue weighted by Crippen LogP contribution is 2.22. The standard InChI is InChI=1S/C21H20ClN3OS/c22-17-5-3-6-18(14-17)24-10-12-25(13-11-24)21(26)15-27-20-9-8-16-4-1-2-7-19(16)23-20/h1-9,14H,10-13,15H2. The Kier molecular flexibility index (Phi) is 5.50. The lowest BCUT2D eigenvalue weighted by Gasteiger charge is -2.36. The predicted molar refractivity (Wildman–Crippen MR) is 113 cm³/mol. The fraction of sp³-hybridized carbons (Fsp3) is 0.238. The highest BCUT2D eigenvalue weighted by atomic mass is 35.5. The first-order chi connectivity index (χ1) is 13.2. The zero-order valence-electron chi connectivity index (χ0n) is 14.8. The van der Waals surface area contributed by atoms with Crippen LogP contribution < -0.4 is 4.90 Å². The Morgan fingerprint density at radius 3 is 2.63 bits per heavy atom. The molecule has 0 bridgehead atoms. The number of thioether (sulfide) groups is 1. The number of fused-ring (bicyclic) bond motifs is 1. The fourth-order valence-electron chi connectivity index (χ4n) is 3.24. The molecule has 1 aromatic heterocycles. The number of piperazine rings is 1. The fourth-order valence-corrected chi connectivity index (χ4v) is 4.21. The molecule has 1 fully saturated rings. The molecule has 4 nitrogen and oxygen atoms in total. The summed E-state index contributed by atoms with van der Waals surface area (Å²) >= 11 is 7.58. The smallest absolute Gasteiger partial charge is 0.233 e. The van der Waals surface area contributed by atoms with Crippen LogP contribution in [-0.4, -0.2) is 47.7 Å². The summed E-state index contributed by atoms with van der Waals surface area (Å²) < 4.78 is 0. The molecule has 1 aliphatic rings. The Balaban J connectivity index is 1.31. The van der Waals surface area contributed by atoms with Gasteiger partial charge in [0.1, 0.15) is 0 Å². The Hall–Kier alpha value is -2.24. The van der Waals surface area contributed by atoms with Gasteiger partial charge in [0.2, 0.25) is 5.91 Å². The van der Waals surface area contributed by atoms with E-state index in [1.165, 1.54) is 11.8 Å². The minimum Gasteiger partial charge on any atom is -0.368 e. The number of halogens is 1. The van der Waals surface area contributed by atoms with Crippen LogP contribution in [0.15, 0.2) is 65.7 Å². The number of benzene rings is 2. The number of amides is 1. The van der Waals surface area contributed by atoms with Gasteiger partial charge >= 0.3 is 0 Å². The molecule has 0 radical (unpaired) electrons. The van der Waals surface area contributed by atoms with E-state index >= 15 is 0 Å². The summed E-state index contributed by atoms with van der Waals surface area (Å²) in [5, 5.41) is 2.75. The third kappa shape index (κ3) is 4.37. The van der Waals surface area contributed by atoms with Gasteiger partial charge in [0.25, 0.3) is 0 Å². The third-order valence-electron chi connectivity index (χ3n) is 4.72. The molecule has 6 heteroatoms. The highest BCUT2D eigenvalue weighted by Gasteiger charge is 2.21. The molecule has 3 aromatic rings. The molecule has 1 aliphatic heterocycles. The Morgan fingerprint density at radius 2 is 1.81 bits per heavy atom. The van der Waals surface area contributed by atoms with E-state index < -0.39 is 0 Å². The number of anilines is 1. The summed E-state index contributed by atoms with van der Waals surface area (Å²) in [4.78, 5) is 21.4. The lowest BCUT2D eigenvalue weighted by molar-refractivity contribution is -0.128. The third-order valence-corrected chi connectivity index (χ3v) is 5.87. The maximum Gasteiger partial charge on any atom is 0.233 e. The number of nitrogens with zero attached hydrogens (tertiary/aromatic N) is 3. The largest absolute Gasteiger partial charge is 0.368 e. The molecule has 1 amide bonds. The topological polar surface area (TPSA) is 36.4 Å². The first-order valence-electron chi connectivity index (χ1n) is 8.96. The van der Waals surface area contributed by atoms with Crippen LogP contribution in [0.3, 0.4) is 0 Å². The molecular formula is C21H20ClN3OS. The predicted octanol–water partition coefficient (Wildman–Crippen LogP) is 4.33. The maximum atomic E-state index is 12.6. The van der Waals surface area contributed by atoms with Gasteiger partial charge in [0, 0.05) is 42.3 Å². The molecule has 27 heavy (non-hydrogen) atoms. The minimum atomic E-state index is 0.167.